The van der Waals surface area contributed by atoms with Crippen LogP contribution in [0.25, 0.3) is 21.8 Å². The molecule has 0 aliphatic heterocycles. The number of aromatic nitrogens is 1. The molecule has 0 unspecified atom stereocenters. The zero-order chi connectivity index (χ0) is 23.5. The van der Waals surface area contributed by atoms with E-state index in [1.54, 1.807) is 6.92 Å². The van der Waals surface area contributed by atoms with Crippen LogP contribution in [-0.4, -0.2) is 27.2 Å². The van der Waals surface area contributed by atoms with Crippen molar-refractivity contribution in [1.29, 1.82) is 0 Å². The molecule has 0 atom stereocenters. The molecule has 7 nitrogen and oxygen atoms in total. The van der Waals surface area contributed by atoms with Crippen molar-refractivity contribution >= 4 is 56.6 Å². The molecule has 0 saturated heterocycles. The molecule has 4 rings (SSSR count). The van der Waals surface area contributed by atoms with E-state index in [1.807, 2.05) is 30.3 Å². The minimum Gasteiger partial charge on any atom is -0.507 e. The molecule has 1 heterocycles. The first kappa shape index (κ1) is 22.4. The number of aromatic hydroxyl groups is 1. The highest BCUT2D eigenvalue weighted by Gasteiger charge is 2.13. The summed E-state index contributed by atoms with van der Waals surface area (Å²) in [7, 11) is 0. The summed E-state index contributed by atoms with van der Waals surface area (Å²) in [6.07, 6.45) is -0.00341. The lowest BCUT2D eigenvalue weighted by atomic mass is 10.1. The summed E-state index contributed by atoms with van der Waals surface area (Å²) in [6, 6.07) is 18.2. The molecule has 0 spiro atoms. The third-order valence-electron chi connectivity index (χ3n) is 5.34. The number of hydrogen-bond donors (Lipinski definition) is 3. The number of carbonyl (C=O) groups is 2. The second-order valence-electron chi connectivity index (χ2n) is 7.67. The number of hydrogen-bond acceptors (Lipinski definition) is 4. The van der Waals surface area contributed by atoms with Crippen molar-refractivity contribution in [3.8, 4) is 5.75 Å². The van der Waals surface area contributed by atoms with Gasteiger partial charge < -0.3 is 15.0 Å². The lowest BCUT2D eigenvalue weighted by Gasteiger charge is -2.07. The molecule has 0 saturated carbocycles. The summed E-state index contributed by atoms with van der Waals surface area (Å²) >= 11 is 5.87. The van der Waals surface area contributed by atoms with Crippen molar-refractivity contribution < 1.29 is 14.7 Å². The van der Waals surface area contributed by atoms with Crippen molar-refractivity contribution in [2.24, 2.45) is 5.10 Å². The van der Waals surface area contributed by atoms with Gasteiger partial charge in [0.2, 0.25) is 5.91 Å². The van der Waals surface area contributed by atoms with Gasteiger partial charge in [-0.05, 0) is 56.3 Å². The lowest BCUT2D eigenvalue weighted by molar-refractivity contribution is -0.115. The highest BCUT2D eigenvalue weighted by atomic mass is 35.5. The SMILES string of the molecule is CCn1c2ccccc2c2cc(NC(=O)CC(C)=NNC(=O)c3cc(Cl)ccc3O)ccc21. The van der Waals surface area contributed by atoms with Gasteiger partial charge in [0.15, 0.2) is 0 Å². The van der Waals surface area contributed by atoms with E-state index >= 15 is 0 Å². The third kappa shape index (κ3) is 4.68. The van der Waals surface area contributed by atoms with Gasteiger partial charge in [-0.2, -0.15) is 5.10 Å². The number of anilines is 1. The molecule has 2 amide bonds. The molecule has 0 aliphatic rings. The number of phenols is 1. The Balaban J connectivity index is 1.45. The molecule has 0 bridgehead atoms. The van der Waals surface area contributed by atoms with E-state index in [1.165, 1.54) is 18.2 Å². The van der Waals surface area contributed by atoms with Crippen LogP contribution >= 0.6 is 11.6 Å². The normalized spacial score (nSPS) is 11.7. The van der Waals surface area contributed by atoms with Crippen LogP contribution in [0.1, 0.15) is 30.6 Å². The van der Waals surface area contributed by atoms with Gasteiger partial charge in [0, 0.05) is 44.8 Å². The molecule has 4 aromatic rings. The number of phenolic OH excluding ortho intramolecular Hbond substituents is 1. The molecule has 3 N–H and O–H groups in total. The van der Waals surface area contributed by atoms with Crippen molar-refractivity contribution in [3.63, 3.8) is 0 Å². The highest BCUT2D eigenvalue weighted by molar-refractivity contribution is 6.31. The quantitative estimate of drug-likeness (QED) is 0.267. The summed E-state index contributed by atoms with van der Waals surface area (Å²) < 4.78 is 2.24. The third-order valence-corrected chi connectivity index (χ3v) is 5.58. The Morgan fingerprint density at radius 2 is 1.79 bits per heavy atom. The van der Waals surface area contributed by atoms with Crippen LogP contribution < -0.4 is 10.7 Å². The maximum atomic E-state index is 12.5. The zero-order valence-electron chi connectivity index (χ0n) is 18.2. The first-order chi connectivity index (χ1) is 15.9. The summed E-state index contributed by atoms with van der Waals surface area (Å²) in [5, 5.41) is 19.2. The topological polar surface area (TPSA) is 95.7 Å². The first-order valence-electron chi connectivity index (χ1n) is 10.5. The predicted molar refractivity (Wildman–Crippen MR) is 132 cm³/mol. The Labute approximate surface area is 195 Å². The highest BCUT2D eigenvalue weighted by Crippen LogP contribution is 2.31. The van der Waals surface area contributed by atoms with Gasteiger partial charge in [0.25, 0.3) is 5.91 Å². The molecule has 3 aromatic carbocycles. The Hall–Kier alpha value is -3.84. The van der Waals surface area contributed by atoms with Gasteiger partial charge in [-0.15, -0.1) is 0 Å². The number of hydrazone groups is 1. The minimum atomic E-state index is -0.618. The molecular weight excluding hydrogens is 440 g/mol. The van der Waals surface area contributed by atoms with E-state index in [0.29, 0.717) is 16.4 Å². The molecule has 33 heavy (non-hydrogen) atoms. The fourth-order valence-electron chi connectivity index (χ4n) is 3.85. The maximum absolute atomic E-state index is 12.5. The molecule has 0 fully saturated rings. The smallest absolute Gasteiger partial charge is 0.275 e. The number of nitrogens with zero attached hydrogens (tertiary/aromatic N) is 2. The second-order valence-corrected chi connectivity index (χ2v) is 8.10. The maximum Gasteiger partial charge on any atom is 0.275 e. The van der Waals surface area contributed by atoms with Gasteiger partial charge in [-0.3, -0.25) is 9.59 Å². The number of benzene rings is 3. The predicted octanol–water partition coefficient (Wildman–Crippen LogP) is 5.31. The summed E-state index contributed by atoms with van der Waals surface area (Å²) in [4.78, 5) is 24.7. The van der Waals surface area contributed by atoms with Crippen LogP contribution in [0.4, 0.5) is 5.69 Å². The number of amides is 2. The standard InChI is InChI=1S/C25H23ClN4O3/c1-3-30-21-7-5-4-6-18(21)19-14-17(9-10-22(19)30)27-24(32)12-15(2)28-29-25(33)20-13-16(26)8-11-23(20)31/h4-11,13-14,31H,3,12H2,1-2H3,(H,27,32)(H,29,33). The van der Waals surface area contributed by atoms with Crippen molar-refractivity contribution in [1.82, 2.24) is 9.99 Å². The zero-order valence-corrected chi connectivity index (χ0v) is 19.0. The van der Waals surface area contributed by atoms with E-state index in [0.717, 1.165) is 28.4 Å². The average molecular weight is 463 g/mol. The van der Waals surface area contributed by atoms with E-state index in [2.05, 4.69) is 39.5 Å². The Morgan fingerprint density at radius 3 is 2.58 bits per heavy atom. The van der Waals surface area contributed by atoms with E-state index in [4.69, 9.17) is 11.6 Å². The second kappa shape index (κ2) is 9.34. The molecule has 1 aromatic heterocycles. The average Bonchev–Trinajstić information content (AvgIpc) is 3.12. The van der Waals surface area contributed by atoms with E-state index in [9.17, 15) is 14.7 Å². The Kier molecular flexibility index (Phi) is 6.33. The summed E-state index contributed by atoms with van der Waals surface area (Å²) in [5.74, 6) is -1.08. The summed E-state index contributed by atoms with van der Waals surface area (Å²) in [5.41, 5.74) is 5.70. The van der Waals surface area contributed by atoms with Gasteiger partial charge in [0.1, 0.15) is 5.75 Å². The van der Waals surface area contributed by atoms with Crippen LogP contribution in [0.15, 0.2) is 65.8 Å². The number of aryl methyl sites for hydroxylation is 1. The number of fused-ring (bicyclic) bond motifs is 3. The number of rotatable bonds is 6. The largest absolute Gasteiger partial charge is 0.507 e. The van der Waals surface area contributed by atoms with E-state index < -0.39 is 5.91 Å². The number of halogens is 1. The molecular formula is C25H23ClN4O3. The Bertz CT molecular complexity index is 1410. The number of carbonyl (C=O) groups excluding carboxylic acids is 2. The van der Waals surface area contributed by atoms with E-state index in [-0.39, 0.29) is 23.6 Å². The molecule has 168 valence electrons. The molecule has 0 radical (unpaired) electrons. The van der Waals surface area contributed by atoms with Crippen LogP contribution in [0.2, 0.25) is 5.02 Å². The van der Waals surface area contributed by atoms with Crippen LogP contribution in [0, 0.1) is 0 Å². The monoisotopic (exact) mass is 462 g/mol. The van der Waals surface area contributed by atoms with Crippen LogP contribution in [0.3, 0.4) is 0 Å². The lowest BCUT2D eigenvalue weighted by Crippen LogP contribution is -2.21. The van der Waals surface area contributed by atoms with Gasteiger partial charge in [0.05, 0.1) is 12.0 Å². The molecule has 8 heteroatoms. The van der Waals surface area contributed by atoms with Crippen LogP contribution in [-0.2, 0) is 11.3 Å². The van der Waals surface area contributed by atoms with Crippen LogP contribution in [0.5, 0.6) is 5.75 Å². The van der Waals surface area contributed by atoms with Gasteiger partial charge in [-0.25, -0.2) is 5.43 Å². The Morgan fingerprint density at radius 1 is 1.03 bits per heavy atom. The number of para-hydroxylation sites is 1. The van der Waals surface area contributed by atoms with Crippen molar-refractivity contribution in [2.75, 3.05) is 5.32 Å². The van der Waals surface area contributed by atoms with Gasteiger partial charge in [-0.1, -0.05) is 29.8 Å². The first-order valence-corrected chi connectivity index (χ1v) is 10.9. The minimum absolute atomic E-state index is 0.00282. The van der Waals surface area contributed by atoms with Gasteiger partial charge >= 0.3 is 0 Å². The molecule has 0 aliphatic carbocycles. The fourth-order valence-corrected chi connectivity index (χ4v) is 4.02. The van der Waals surface area contributed by atoms with Crippen molar-refractivity contribution in [2.45, 2.75) is 26.8 Å². The fraction of sp³-hybridized carbons (Fsp3) is 0.160. The van der Waals surface area contributed by atoms with Crippen molar-refractivity contribution in [3.05, 3.63) is 71.2 Å². The summed E-state index contributed by atoms with van der Waals surface area (Å²) in [6.45, 7) is 4.59. The number of nitrogens with one attached hydrogen (secondary N) is 2.